The van der Waals surface area contributed by atoms with Crippen molar-refractivity contribution in [3.05, 3.63) is 78.5 Å². The Morgan fingerprint density at radius 1 is 0.889 bits per heavy atom. The number of anilines is 3. The third-order valence-electron chi connectivity index (χ3n) is 4.23. The molecule has 5 heteroatoms. The van der Waals surface area contributed by atoms with Gasteiger partial charge in [-0.3, -0.25) is 0 Å². The van der Waals surface area contributed by atoms with Gasteiger partial charge >= 0.3 is 0 Å². The Balaban J connectivity index is 1.78. The maximum Gasteiger partial charge on any atom is 0.224 e. The highest BCUT2D eigenvalue weighted by Crippen LogP contribution is 2.26. The summed E-state index contributed by atoms with van der Waals surface area (Å²) in [5.41, 5.74) is 2.35. The van der Waals surface area contributed by atoms with Gasteiger partial charge < -0.3 is 15.1 Å². The quantitative estimate of drug-likeness (QED) is 0.579. The van der Waals surface area contributed by atoms with Crippen LogP contribution < -0.4 is 10.2 Å². The largest absolute Gasteiger partial charge is 0.354 e. The minimum Gasteiger partial charge on any atom is -0.354 e. The SMILES string of the molecule is CN(C)CCCNc1nccc(N(Cc2ccccc2)c2ccccc2)n1. The lowest BCUT2D eigenvalue weighted by molar-refractivity contribution is 0.405. The number of para-hydroxylation sites is 1. The number of nitrogens with one attached hydrogen (secondary N) is 1. The summed E-state index contributed by atoms with van der Waals surface area (Å²) < 4.78 is 0. The normalized spacial score (nSPS) is 10.8. The van der Waals surface area contributed by atoms with E-state index in [1.54, 1.807) is 0 Å². The Kier molecular flexibility index (Phi) is 6.77. The first-order chi connectivity index (χ1) is 13.2. The number of benzene rings is 2. The molecule has 1 N–H and O–H groups in total. The fourth-order valence-corrected chi connectivity index (χ4v) is 2.86. The van der Waals surface area contributed by atoms with E-state index in [4.69, 9.17) is 4.98 Å². The van der Waals surface area contributed by atoms with Crippen LogP contribution in [-0.4, -0.2) is 42.1 Å². The van der Waals surface area contributed by atoms with Gasteiger partial charge in [0.25, 0.3) is 0 Å². The van der Waals surface area contributed by atoms with Crippen LogP contribution in [-0.2, 0) is 6.54 Å². The maximum atomic E-state index is 4.75. The van der Waals surface area contributed by atoms with Crippen LogP contribution >= 0.6 is 0 Å². The molecule has 0 amide bonds. The molecule has 0 atom stereocenters. The van der Waals surface area contributed by atoms with Crippen molar-refractivity contribution < 1.29 is 0 Å². The van der Waals surface area contributed by atoms with Crippen LogP contribution in [0.4, 0.5) is 17.5 Å². The van der Waals surface area contributed by atoms with Gasteiger partial charge in [0, 0.05) is 25.0 Å². The molecule has 0 radical (unpaired) electrons. The molecule has 2 aromatic carbocycles. The molecule has 140 valence electrons. The molecule has 0 saturated heterocycles. The van der Waals surface area contributed by atoms with Gasteiger partial charge in [0.05, 0.1) is 0 Å². The van der Waals surface area contributed by atoms with E-state index in [1.807, 2.05) is 24.4 Å². The summed E-state index contributed by atoms with van der Waals surface area (Å²) in [7, 11) is 4.16. The van der Waals surface area contributed by atoms with Crippen LogP contribution in [0.3, 0.4) is 0 Å². The molecule has 0 saturated carbocycles. The molecular weight excluding hydrogens is 334 g/mol. The summed E-state index contributed by atoms with van der Waals surface area (Å²) in [5, 5.41) is 3.34. The second-order valence-electron chi connectivity index (χ2n) is 6.73. The number of nitrogens with zero attached hydrogens (tertiary/aromatic N) is 4. The second kappa shape index (κ2) is 9.69. The Bertz CT molecular complexity index is 805. The van der Waals surface area contributed by atoms with Crippen molar-refractivity contribution in [3.63, 3.8) is 0 Å². The van der Waals surface area contributed by atoms with Gasteiger partial charge in [-0.25, -0.2) is 4.98 Å². The molecule has 0 bridgehead atoms. The molecule has 0 spiro atoms. The summed E-state index contributed by atoms with van der Waals surface area (Å²) in [4.78, 5) is 13.5. The fourth-order valence-electron chi connectivity index (χ4n) is 2.86. The van der Waals surface area contributed by atoms with E-state index in [1.165, 1.54) is 5.56 Å². The van der Waals surface area contributed by atoms with E-state index >= 15 is 0 Å². The Morgan fingerprint density at radius 2 is 1.59 bits per heavy atom. The predicted molar refractivity (Wildman–Crippen MR) is 112 cm³/mol. The molecule has 3 aromatic rings. The molecule has 0 aliphatic carbocycles. The van der Waals surface area contributed by atoms with Gasteiger partial charge in [0.15, 0.2) is 0 Å². The van der Waals surface area contributed by atoms with Crippen LogP contribution in [0.2, 0.25) is 0 Å². The first-order valence-corrected chi connectivity index (χ1v) is 9.30. The highest BCUT2D eigenvalue weighted by molar-refractivity contribution is 5.60. The fraction of sp³-hybridized carbons (Fsp3) is 0.273. The molecule has 3 rings (SSSR count). The van der Waals surface area contributed by atoms with E-state index < -0.39 is 0 Å². The van der Waals surface area contributed by atoms with Gasteiger partial charge in [-0.2, -0.15) is 4.98 Å². The molecule has 0 aliphatic rings. The monoisotopic (exact) mass is 361 g/mol. The van der Waals surface area contributed by atoms with E-state index in [2.05, 4.69) is 82.7 Å². The second-order valence-corrected chi connectivity index (χ2v) is 6.73. The zero-order chi connectivity index (χ0) is 18.9. The molecular formula is C22H27N5. The lowest BCUT2D eigenvalue weighted by atomic mass is 10.2. The summed E-state index contributed by atoms with van der Waals surface area (Å²) in [6.07, 6.45) is 2.87. The van der Waals surface area contributed by atoms with Gasteiger partial charge in [0.2, 0.25) is 5.95 Å². The van der Waals surface area contributed by atoms with Crippen molar-refractivity contribution in [1.82, 2.24) is 14.9 Å². The van der Waals surface area contributed by atoms with Gasteiger partial charge in [-0.05, 0) is 50.8 Å². The van der Waals surface area contributed by atoms with Gasteiger partial charge in [0.1, 0.15) is 5.82 Å². The van der Waals surface area contributed by atoms with Crippen molar-refractivity contribution in [3.8, 4) is 0 Å². The summed E-state index contributed by atoms with van der Waals surface area (Å²) in [6.45, 7) is 2.64. The van der Waals surface area contributed by atoms with E-state index in [-0.39, 0.29) is 0 Å². The van der Waals surface area contributed by atoms with Crippen LogP contribution in [0, 0.1) is 0 Å². The first kappa shape index (κ1) is 18.9. The highest BCUT2D eigenvalue weighted by Gasteiger charge is 2.12. The maximum absolute atomic E-state index is 4.75. The Hall–Kier alpha value is -2.92. The minimum absolute atomic E-state index is 0.667. The van der Waals surface area contributed by atoms with Crippen LogP contribution in [0.5, 0.6) is 0 Å². The van der Waals surface area contributed by atoms with Crippen LogP contribution in [0.15, 0.2) is 72.9 Å². The number of rotatable bonds is 9. The van der Waals surface area contributed by atoms with Gasteiger partial charge in [-0.15, -0.1) is 0 Å². The number of hydrogen-bond acceptors (Lipinski definition) is 5. The van der Waals surface area contributed by atoms with Crippen molar-refractivity contribution in [1.29, 1.82) is 0 Å². The molecule has 0 aliphatic heterocycles. The Labute approximate surface area is 161 Å². The summed E-state index contributed by atoms with van der Waals surface area (Å²) in [6, 6.07) is 22.7. The first-order valence-electron chi connectivity index (χ1n) is 9.30. The molecule has 5 nitrogen and oxygen atoms in total. The summed E-state index contributed by atoms with van der Waals surface area (Å²) >= 11 is 0. The average molecular weight is 361 g/mol. The third kappa shape index (κ3) is 5.79. The van der Waals surface area contributed by atoms with Crippen molar-refractivity contribution >= 4 is 17.5 Å². The van der Waals surface area contributed by atoms with Crippen LogP contribution in [0.25, 0.3) is 0 Å². The highest BCUT2D eigenvalue weighted by atomic mass is 15.2. The van der Waals surface area contributed by atoms with Crippen molar-refractivity contribution in [2.24, 2.45) is 0 Å². The zero-order valence-corrected chi connectivity index (χ0v) is 16.0. The molecule has 1 heterocycles. The summed E-state index contributed by atoms with van der Waals surface area (Å²) in [5.74, 6) is 1.55. The number of hydrogen-bond donors (Lipinski definition) is 1. The predicted octanol–water partition coefficient (Wildman–Crippen LogP) is 4.18. The zero-order valence-electron chi connectivity index (χ0n) is 16.0. The van der Waals surface area contributed by atoms with Gasteiger partial charge in [-0.1, -0.05) is 48.5 Å². The minimum atomic E-state index is 0.667. The van der Waals surface area contributed by atoms with E-state index in [9.17, 15) is 0 Å². The third-order valence-corrected chi connectivity index (χ3v) is 4.23. The van der Waals surface area contributed by atoms with Crippen molar-refractivity contribution in [2.45, 2.75) is 13.0 Å². The standard InChI is InChI=1S/C22H27N5/c1-26(2)17-9-15-23-22-24-16-14-21(25-22)27(20-12-7-4-8-13-20)18-19-10-5-3-6-11-19/h3-8,10-14,16H,9,15,17-18H2,1-2H3,(H,23,24,25). The molecule has 0 unspecified atom stereocenters. The molecule has 27 heavy (non-hydrogen) atoms. The average Bonchev–Trinajstić information content (AvgIpc) is 2.71. The molecule has 0 fully saturated rings. The van der Waals surface area contributed by atoms with Crippen LogP contribution in [0.1, 0.15) is 12.0 Å². The molecule has 1 aromatic heterocycles. The van der Waals surface area contributed by atoms with E-state index in [0.29, 0.717) is 5.95 Å². The van der Waals surface area contributed by atoms with E-state index in [0.717, 1.165) is 37.6 Å². The lowest BCUT2D eigenvalue weighted by Crippen LogP contribution is -2.19. The topological polar surface area (TPSA) is 44.3 Å². The Morgan fingerprint density at radius 3 is 2.30 bits per heavy atom. The lowest BCUT2D eigenvalue weighted by Gasteiger charge is -2.24. The number of aromatic nitrogens is 2. The smallest absolute Gasteiger partial charge is 0.224 e. The van der Waals surface area contributed by atoms with Crippen molar-refractivity contribution in [2.75, 3.05) is 37.4 Å².